The summed E-state index contributed by atoms with van der Waals surface area (Å²) in [7, 11) is 0. The van der Waals surface area contributed by atoms with E-state index < -0.39 is 5.41 Å². The molecular formula is C12H14N2O3. The van der Waals surface area contributed by atoms with Crippen LogP contribution >= 0.6 is 0 Å². The molecule has 0 spiro atoms. The van der Waals surface area contributed by atoms with Gasteiger partial charge in [0.05, 0.1) is 5.41 Å². The van der Waals surface area contributed by atoms with Gasteiger partial charge >= 0.3 is 0 Å². The molecule has 5 nitrogen and oxygen atoms in total. The van der Waals surface area contributed by atoms with Crippen molar-refractivity contribution in [3.8, 4) is 11.5 Å². The van der Waals surface area contributed by atoms with Crippen molar-refractivity contribution in [3.05, 3.63) is 23.8 Å². The number of fused-ring (bicyclic) bond motifs is 1. The predicted octanol–water partition coefficient (Wildman–Crippen LogP) is 0.479. The Bertz CT molecular complexity index is 469. The minimum Gasteiger partial charge on any atom is -0.486 e. The third kappa shape index (κ3) is 1.54. The van der Waals surface area contributed by atoms with Gasteiger partial charge in [-0.2, -0.15) is 0 Å². The molecule has 0 radical (unpaired) electrons. The first-order valence-electron chi connectivity index (χ1n) is 5.67. The maximum atomic E-state index is 11.8. The zero-order valence-corrected chi connectivity index (χ0v) is 9.36. The van der Waals surface area contributed by atoms with Gasteiger partial charge < -0.3 is 9.47 Å². The van der Waals surface area contributed by atoms with Crippen molar-refractivity contribution in [1.29, 1.82) is 0 Å². The summed E-state index contributed by atoms with van der Waals surface area (Å²) >= 11 is 0. The van der Waals surface area contributed by atoms with E-state index in [4.69, 9.17) is 15.3 Å². The molecule has 3 N–H and O–H groups in total. The Morgan fingerprint density at radius 3 is 2.59 bits per heavy atom. The van der Waals surface area contributed by atoms with Gasteiger partial charge in [-0.3, -0.25) is 10.2 Å². The van der Waals surface area contributed by atoms with Gasteiger partial charge in [-0.25, -0.2) is 5.84 Å². The number of carbonyl (C=O) groups is 1. The average molecular weight is 234 g/mol. The highest BCUT2D eigenvalue weighted by molar-refractivity contribution is 5.91. The van der Waals surface area contributed by atoms with Crippen LogP contribution in [0, 0.1) is 0 Å². The molecule has 17 heavy (non-hydrogen) atoms. The molecule has 1 aliphatic heterocycles. The fourth-order valence-electron chi connectivity index (χ4n) is 2.25. The van der Waals surface area contributed by atoms with E-state index in [1.807, 2.05) is 18.2 Å². The van der Waals surface area contributed by atoms with Gasteiger partial charge in [0, 0.05) is 0 Å². The number of nitrogens with two attached hydrogens (primary N) is 1. The molecule has 0 bridgehead atoms. The van der Waals surface area contributed by atoms with Crippen LogP contribution < -0.4 is 20.7 Å². The Kier molecular flexibility index (Phi) is 2.22. The SMILES string of the molecule is NNC(=O)C1(c2ccc3c(c2)OCCO3)CC1. The summed E-state index contributed by atoms with van der Waals surface area (Å²) in [5, 5.41) is 0. The zero-order chi connectivity index (χ0) is 11.9. The highest BCUT2D eigenvalue weighted by atomic mass is 16.6. The second-order valence-corrected chi connectivity index (χ2v) is 4.41. The fourth-order valence-corrected chi connectivity index (χ4v) is 2.25. The van der Waals surface area contributed by atoms with Crippen LogP contribution in [0.1, 0.15) is 18.4 Å². The second-order valence-electron chi connectivity index (χ2n) is 4.41. The van der Waals surface area contributed by atoms with Gasteiger partial charge in [0.15, 0.2) is 11.5 Å². The van der Waals surface area contributed by atoms with Gasteiger partial charge in [-0.15, -0.1) is 0 Å². The number of carbonyl (C=O) groups excluding carboxylic acids is 1. The topological polar surface area (TPSA) is 73.6 Å². The van der Waals surface area contributed by atoms with Crippen LogP contribution in [0.3, 0.4) is 0 Å². The summed E-state index contributed by atoms with van der Waals surface area (Å²) in [6.45, 7) is 1.12. The van der Waals surface area contributed by atoms with Gasteiger partial charge in [-0.05, 0) is 30.5 Å². The van der Waals surface area contributed by atoms with Crippen LogP contribution in [0.15, 0.2) is 18.2 Å². The summed E-state index contributed by atoms with van der Waals surface area (Å²) in [4.78, 5) is 11.8. The summed E-state index contributed by atoms with van der Waals surface area (Å²) in [6.07, 6.45) is 1.66. The molecule has 5 heteroatoms. The summed E-state index contributed by atoms with van der Waals surface area (Å²) in [5.74, 6) is 6.54. The standard InChI is InChI=1S/C12H14N2O3/c13-14-11(15)12(3-4-12)8-1-2-9-10(7-8)17-6-5-16-9/h1-2,7H,3-6,13H2,(H,14,15). The van der Waals surface area contributed by atoms with E-state index in [0.717, 1.165) is 24.2 Å². The largest absolute Gasteiger partial charge is 0.486 e. The molecule has 0 unspecified atom stereocenters. The first kappa shape index (κ1) is 10.4. The molecule has 1 heterocycles. The van der Waals surface area contributed by atoms with E-state index in [9.17, 15) is 4.79 Å². The van der Waals surface area contributed by atoms with E-state index in [0.29, 0.717) is 19.0 Å². The number of amides is 1. The van der Waals surface area contributed by atoms with Crippen molar-refractivity contribution in [3.63, 3.8) is 0 Å². The number of hydrogen-bond acceptors (Lipinski definition) is 4. The Balaban J connectivity index is 1.96. The molecule has 1 aromatic rings. The van der Waals surface area contributed by atoms with Crippen LogP contribution in [-0.2, 0) is 10.2 Å². The number of nitrogens with one attached hydrogen (secondary N) is 1. The lowest BCUT2D eigenvalue weighted by Gasteiger charge is -2.21. The molecule has 0 aromatic heterocycles. The highest BCUT2D eigenvalue weighted by Gasteiger charge is 2.51. The van der Waals surface area contributed by atoms with Crippen LogP contribution in [0.25, 0.3) is 0 Å². The summed E-state index contributed by atoms with van der Waals surface area (Å²) in [6, 6.07) is 5.65. The maximum Gasteiger partial charge on any atom is 0.244 e. The number of benzene rings is 1. The van der Waals surface area contributed by atoms with E-state index in [1.165, 1.54) is 0 Å². The van der Waals surface area contributed by atoms with Crippen molar-refractivity contribution in [1.82, 2.24) is 5.43 Å². The quantitative estimate of drug-likeness (QED) is 0.443. The average Bonchev–Trinajstić information content (AvgIpc) is 3.19. The molecule has 2 aliphatic rings. The Morgan fingerprint density at radius 2 is 1.94 bits per heavy atom. The summed E-state index contributed by atoms with van der Waals surface area (Å²) in [5.41, 5.74) is 2.73. The Labute approximate surface area is 98.9 Å². The van der Waals surface area contributed by atoms with Crippen molar-refractivity contribution in [2.24, 2.45) is 5.84 Å². The third-order valence-corrected chi connectivity index (χ3v) is 3.41. The van der Waals surface area contributed by atoms with E-state index >= 15 is 0 Å². The lowest BCUT2D eigenvalue weighted by atomic mass is 9.95. The minimum atomic E-state index is -0.454. The molecule has 3 rings (SSSR count). The van der Waals surface area contributed by atoms with E-state index in [1.54, 1.807) is 0 Å². The van der Waals surface area contributed by atoms with Gasteiger partial charge in [-0.1, -0.05) is 6.07 Å². The zero-order valence-electron chi connectivity index (χ0n) is 9.36. The van der Waals surface area contributed by atoms with Crippen LogP contribution in [0.2, 0.25) is 0 Å². The number of ether oxygens (including phenoxy) is 2. The fraction of sp³-hybridized carbons (Fsp3) is 0.417. The number of hydrazine groups is 1. The molecule has 1 aromatic carbocycles. The molecule has 90 valence electrons. The highest BCUT2D eigenvalue weighted by Crippen LogP contribution is 2.50. The Hall–Kier alpha value is -1.75. The van der Waals surface area contributed by atoms with E-state index in [2.05, 4.69) is 5.43 Å². The normalized spacial score (nSPS) is 19.6. The molecular weight excluding hydrogens is 220 g/mol. The van der Waals surface area contributed by atoms with Gasteiger partial charge in [0.2, 0.25) is 5.91 Å². The van der Waals surface area contributed by atoms with Crippen LogP contribution in [-0.4, -0.2) is 19.1 Å². The Morgan fingerprint density at radius 1 is 1.24 bits per heavy atom. The number of hydrogen-bond donors (Lipinski definition) is 2. The van der Waals surface area contributed by atoms with Crippen LogP contribution in [0.5, 0.6) is 11.5 Å². The maximum absolute atomic E-state index is 11.8. The van der Waals surface area contributed by atoms with Crippen molar-refractivity contribution in [2.45, 2.75) is 18.3 Å². The summed E-state index contributed by atoms with van der Waals surface area (Å²) < 4.78 is 11.0. The van der Waals surface area contributed by atoms with E-state index in [-0.39, 0.29) is 5.91 Å². The monoisotopic (exact) mass is 234 g/mol. The van der Waals surface area contributed by atoms with Crippen molar-refractivity contribution in [2.75, 3.05) is 13.2 Å². The molecule has 1 amide bonds. The van der Waals surface area contributed by atoms with Crippen LogP contribution in [0.4, 0.5) is 0 Å². The molecule has 1 saturated carbocycles. The minimum absolute atomic E-state index is 0.130. The molecule has 1 fully saturated rings. The molecule has 0 atom stereocenters. The molecule has 1 aliphatic carbocycles. The third-order valence-electron chi connectivity index (χ3n) is 3.41. The second kappa shape index (κ2) is 3.63. The predicted molar refractivity (Wildman–Crippen MR) is 60.7 cm³/mol. The molecule has 0 saturated heterocycles. The first-order chi connectivity index (χ1) is 8.26. The van der Waals surface area contributed by atoms with Crippen molar-refractivity contribution >= 4 is 5.91 Å². The smallest absolute Gasteiger partial charge is 0.244 e. The van der Waals surface area contributed by atoms with Crippen molar-refractivity contribution < 1.29 is 14.3 Å². The first-order valence-corrected chi connectivity index (χ1v) is 5.67. The lowest BCUT2D eigenvalue weighted by molar-refractivity contribution is -0.123. The number of rotatable bonds is 2. The lowest BCUT2D eigenvalue weighted by Crippen LogP contribution is -2.39. The van der Waals surface area contributed by atoms with Gasteiger partial charge in [0.1, 0.15) is 13.2 Å². The van der Waals surface area contributed by atoms with Gasteiger partial charge in [0.25, 0.3) is 0 Å².